The van der Waals surface area contributed by atoms with Crippen molar-refractivity contribution in [3.8, 4) is 11.1 Å². The summed E-state index contributed by atoms with van der Waals surface area (Å²) in [5.41, 5.74) is 4.57. The Hall–Kier alpha value is -1.90. The standard InChI is InChI=1S/C19H18OS/c1-13-12-16(19(20)18-11-8-14(2)21-18)9-10-17(13)15-6-4-3-5-7-15/h3-12,19-20H,1-2H3/t19-/m1/s1. The molecule has 0 spiro atoms. The van der Waals surface area contributed by atoms with Gasteiger partial charge in [-0.1, -0.05) is 48.5 Å². The van der Waals surface area contributed by atoms with Crippen molar-refractivity contribution in [2.24, 2.45) is 0 Å². The first-order valence-electron chi connectivity index (χ1n) is 7.05. The lowest BCUT2D eigenvalue weighted by atomic mass is 9.96. The lowest BCUT2D eigenvalue weighted by Crippen LogP contribution is -1.98. The van der Waals surface area contributed by atoms with Crippen LogP contribution in [0, 0.1) is 13.8 Å². The largest absolute Gasteiger partial charge is 0.383 e. The summed E-state index contributed by atoms with van der Waals surface area (Å²) in [5, 5.41) is 10.5. The number of hydrogen-bond acceptors (Lipinski definition) is 2. The maximum Gasteiger partial charge on any atom is 0.113 e. The Morgan fingerprint density at radius 3 is 2.29 bits per heavy atom. The van der Waals surface area contributed by atoms with Crippen LogP contribution in [0.25, 0.3) is 11.1 Å². The lowest BCUT2D eigenvalue weighted by Gasteiger charge is -2.13. The Kier molecular flexibility index (Phi) is 3.91. The van der Waals surface area contributed by atoms with Gasteiger partial charge in [-0.25, -0.2) is 0 Å². The van der Waals surface area contributed by atoms with Crippen LogP contribution in [0.2, 0.25) is 0 Å². The Morgan fingerprint density at radius 2 is 1.67 bits per heavy atom. The van der Waals surface area contributed by atoms with E-state index in [-0.39, 0.29) is 0 Å². The average molecular weight is 294 g/mol. The van der Waals surface area contributed by atoms with Crippen molar-refractivity contribution in [2.75, 3.05) is 0 Å². The van der Waals surface area contributed by atoms with Crippen molar-refractivity contribution in [2.45, 2.75) is 20.0 Å². The van der Waals surface area contributed by atoms with E-state index in [2.05, 4.69) is 44.2 Å². The van der Waals surface area contributed by atoms with Crippen LogP contribution in [0.15, 0.2) is 60.7 Å². The summed E-state index contributed by atoms with van der Waals surface area (Å²) in [4.78, 5) is 2.22. The molecular weight excluding hydrogens is 276 g/mol. The Labute approximate surface area is 129 Å². The Morgan fingerprint density at radius 1 is 0.905 bits per heavy atom. The molecule has 0 bridgehead atoms. The number of benzene rings is 2. The molecule has 0 saturated carbocycles. The molecule has 2 heteroatoms. The molecule has 0 amide bonds. The first-order chi connectivity index (χ1) is 10.1. The average Bonchev–Trinajstić information content (AvgIpc) is 2.94. The van der Waals surface area contributed by atoms with Gasteiger partial charge in [-0.3, -0.25) is 0 Å². The van der Waals surface area contributed by atoms with Gasteiger partial charge in [0.15, 0.2) is 0 Å². The Balaban J connectivity index is 1.94. The van der Waals surface area contributed by atoms with Crippen LogP contribution in [-0.4, -0.2) is 5.11 Å². The molecular formula is C19H18OS. The van der Waals surface area contributed by atoms with Gasteiger partial charge in [-0.2, -0.15) is 0 Å². The summed E-state index contributed by atoms with van der Waals surface area (Å²) >= 11 is 1.65. The summed E-state index contributed by atoms with van der Waals surface area (Å²) in [7, 11) is 0. The highest BCUT2D eigenvalue weighted by molar-refractivity contribution is 7.12. The van der Waals surface area contributed by atoms with Crippen LogP contribution in [0.4, 0.5) is 0 Å². The van der Waals surface area contributed by atoms with E-state index in [4.69, 9.17) is 0 Å². The summed E-state index contributed by atoms with van der Waals surface area (Å²) < 4.78 is 0. The SMILES string of the molecule is Cc1ccc([C@H](O)c2ccc(-c3ccccc3)c(C)c2)s1. The highest BCUT2D eigenvalue weighted by atomic mass is 32.1. The molecule has 1 N–H and O–H groups in total. The molecule has 1 heterocycles. The fourth-order valence-electron chi connectivity index (χ4n) is 2.56. The maximum atomic E-state index is 10.5. The fraction of sp³-hybridized carbons (Fsp3) is 0.158. The number of hydrogen-bond donors (Lipinski definition) is 1. The second-order valence-corrected chi connectivity index (χ2v) is 6.61. The highest BCUT2D eigenvalue weighted by Crippen LogP contribution is 2.31. The second-order valence-electron chi connectivity index (χ2n) is 5.29. The van der Waals surface area contributed by atoms with Crippen molar-refractivity contribution in [1.29, 1.82) is 0 Å². The zero-order chi connectivity index (χ0) is 14.8. The van der Waals surface area contributed by atoms with E-state index >= 15 is 0 Å². The molecule has 3 aromatic rings. The number of rotatable bonds is 3. The predicted octanol–water partition coefficient (Wildman–Crippen LogP) is 5.11. The van der Waals surface area contributed by atoms with E-state index in [0.29, 0.717) is 0 Å². The molecule has 1 nitrogen and oxygen atoms in total. The van der Waals surface area contributed by atoms with Gasteiger partial charge in [0, 0.05) is 9.75 Å². The van der Waals surface area contributed by atoms with Crippen LogP contribution in [-0.2, 0) is 0 Å². The van der Waals surface area contributed by atoms with Crippen LogP contribution in [0.3, 0.4) is 0 Å². The first kappa shape index (κ1) is 14.1. The summed E-state index contributed by atoms with van der Waals surface area (Å²) in [6, 6.07) is 20.6. The quantitative estimate of drug-likeness (QED) is 0.711. The number of thiophene rings is 1. The first-order valence-corrected chi connectivity index (χ1v) is 7.87. The fourth-order valence-corrected chi connectivity index (χ4v) is 3.45. The molecule has 2 aromatic carbocycles. The predicted molar refractivity (Wildman–Crippen MR) is 89.7 cm³/mol. The van der Waals surface area contributed by atoms with E-state index in [1.807, 2.05) is 30.3 Å². The van der Waals surface area contributed by atoms with Crippen LogP contribution in [0.5, 0.6) is 0 Å². The van der Waals surface area contributed by atoms with E-state index in [0.717, 1.165) is 10.4 Å². The highest BCUT2D eigenvalue weighted by Gasteiger charge is 2.13. The molecule has 0 aliphatic rings. The topological polar surface area (TPSA) is 20.2 Å². The molecule has 0 radical (unpaired) electrons. The summed E-state index contributed by atoms with van der Waals surface area (Å²) in [6.45, 7) is 4.16. The van der Waals surface area contributed by atoms with Gasteiger partial charge in [-0.05, 0) is 48.2 Å². The van der Waals surface area contributed by atoms with Crippen LogP contribution >= 0.6 is 11.3 Å². The summed E-state index contributed by atoms with van der Waals surface area (Å²) in [6.07, 6.45) is -0.535. The van der Waals surface area contributed by atoms with Gasteiger partial charge in [0.25, 0.3) is 0 Å². The van der Waals surface area contributed by atoms with Crippen molar-refractivity contribution in [1.82, 2.24) is 0 Å². The van der Waals surface area contributed by atoms with Gasteiger partial charge in [0.2, 0.25) is 0 Å². The minimum Gasteiger partial charge on any atom is -0.383 e. The van der Waals surface area contributed by atoms with Crippen LogP contribution < -0.4 is 0 Å². The molecule has 3 rings (SSSR count). The molecule has 1 aromatic heterocycles. The third-order valence-electron chi connectivity index (χ3n) is 3.68. The van der Waals surface area contributed by atoms with E-state index < -0.39 is 6.10 Å². The van der Waals surface area contributed by atoms with Crippen LogP contribution in [0.1, 0.15) is 27.0 Å². The molecule has 0 unspecified atom stereocenters. The van der Waals surface area contributed by atoms with Crippen molar-refractivity contribution in [3.05, 3.63) is 81.5 Å². The van der Waals surface area contributed by atoms with E-state index in [9.17, 15) is 5.11 Å². The van der Waals surface area contributed by atoms with Gasteiger partial charge >= 0.3 is 0 Å². The summed E-state index contributed by atoms with van der Waals surface area (Å²) in [5.74, 6) is 0. The lowest BCUT2D eigenvalue weighted by molar-refractivity contribution is 0.224. The maximum absolute atomic E-state index is 10.5. The number of aliphatic hydroxyl groups excluding tert-OH is 1. The van der Waals surface area contributed by atoms with Gasteiger partial charge in [0.1, 0.15) is 6.10 Å². The normalized spacial score (nSPS) is 12.3. The van der Waals surface area contributed by atoms with Gasteiger partial charge in [0.05, 0.1) is 0 Å². The zero-order valence-electron chi connectivity index (χ0n) is 12.2. The molecule has 106 valence electrons. The smallest absolute Gasteiger partial charge is 0.113 e. The third kappa shape index (κ3) is 2.92. The van der Waals surface area contributed by atoms with Crippen molar-refractivity contribution >= 4 is 11.3 Å². The molecule has 0 aliphatic heterocycles. The Bertz CT molecular complexity index is 743. The monoisotopic (exact) mass is 294 g/mol. The third-order valence-corrected chi connectivity index (χ3v) is 4.73. The number of aliphatic hydroxyl groups is 1. The molecule has 0 fully saturated rings. The zero-order valence-corrected chi connectivity index (χ0v) is 13.0. The molecule has 1 atom stereocenters. The van der Waals surface area contributed by atoms with Crippen molar-refractivity contribution in [3.63, 3.8) is 0 Å². The van der Waals surface area contributed by atoms with Crippen molar-refractivity contribution < 1.29 is 5.11 Å². The van der Waals surface area contributed by atoms with Gasteiger partial charge < -0.3 is 5.11 Å². The number of aryl methyl sites for hydroxylation is 2. The second kappa shape index (κ2) is 5.84. The molecule has 0 saturated heterocycles. The molecule has 0 aliphatic carbocycles. The van der Waals surface area contributed by atoms with Gasteiger partial charge in [-0.15, -0.1) is 11.3 Å². The minimum absolute atomic E-state index is 0.535. The molecule has 21 heavy (non-hydrogen) atoms. The van der Waals surface area contributed by atoms with E-state index in [1.54, 1.807) is 11.3 Å². The minimum atomic E-state index is -0.535. The van der Waals surface area contributed by atoms with E-state index in [1.165, 1.54) is 21.6 Å².